The third-order valence-electron chi connectivity index (χ3n) is 21.6. The summed E-state index contributed by atoms with van der Waals surface area (Å²) in [6.07, 6.45) is 72.2. The topological polar surface area (TPSA) is 307 Å². The third-order valence-corrected chi connectivity index (χ3v) is 21.6. The largest absolute Gasteiger partial charge is 0.394 e. The fraction of sp³-hybridized carbons (Fsp3) is 0.793. The summed E-state index contributed by atoms with van der Waals surface area (Å²) in [5, 5.41) is 121. The molecule has 0 bridgehead atoms. The molecule has 0 spiro atoms. The van der Waals surface area contributed by atoms with E-state index in [1.54, 1.807) is 6.08 Å². The number of amides is 1. The highest BCUT2D eigenvalue weighted by molar-refractivity contribution is 5.76. The van der Waals surface area contributed by atoms with E-state index >= 15 is 0 Å². The highest BCUT2D eigenvalue weighted by Crippen LogP contribution is 2.33. The van der Waals surface area contributed by atoms with Crippen LogP contribution in [-0.4, -0.2) is 193 Å². The van der Waals surface area contributed by atoms with Crippen LogP contribution < -0.4 is 5.32 Å². The summed E-state index contributed by atoms with van der Waals surface area (Å²) in [7, 11) is 0. The molecule has 3 heterocycles. The molecule has 642 valence electrons. The van der Waals surface area contributed by atoms with Gasteiger partial charge in [-0.3, -0.25) is 4.79 Å². The Labute approximate surface area is 672 Å². The summed E-state index contributed by atoms with van der Waals surface area (Å²) in [4.78, 5) is 13.5. The molecule has 0 aromatic carbocycles. The quantitative estimate of drug-likeness (QED) is 0.0199. The van der Waals surface area contributed by atoms with Gasteiger partial charge in [0, 0.05) is 6.42 Å². The van der Waals surface area contributed by atoms with Gasteiger partial charge in [-0.2, -0.15) is 0 Å². The molecule has 19 nitrogen and oxygen atoms in total. The molecule has 3 aliphatic rings. The van der Waals surface area contributed by atoms with Gasteiger partial charge in [0.2, 0.25) is 5.91 Å². The Morgan fingerprint density at radius 3 is 0.973 bits per heavy atom. The first-order valence-electron chi connectivity index (χ1n) is 44.6. The third kappa shape index (κ3) is 49.3. The lowest BCUT2D eigenvalue weighted by Crippen LogP contribution is -2.66. The molecule has 17 atom stereocenters. The lowest BCUT2D eigenvalue weighted by molar-refractivity contribution is -0.379. The predicted octanol–water partition coefficient (Wildman–Crippen LogP) is 16.8. The van der Waals surface area contributed by atoms with E-state index in [4.69, 9.17) is 28.4 Å². The van der Waals surface area contributed by atoms with Crippen molar-refractivity contribution in [3.8, 4) is 0 Å². The van der Waals surface area contributed by atoms with Crippen molar-refractivity contribution >= 4 is 5.91 Å². The van der Waals surface area contributed by atoms with Crippen LogP contribution in [-0.2, 0) is 33.2 Å². The first-order valence-corrected chi connectivity index (χ1v) is 44.6. The number of aliphatic hydroxyl groups is 11. The Balaban J connectivity index is 1.35. The minimum absolute atomic E-state index is 0.232. The lowest BCUT2D eigenvalue weighted by Gasteiger charge is -2.48. The second-order valence-corrected chi connectivity index (χ2v) is 31.3. The van der Waals surface area contributed by atoms with E-state index in [2.05, 4.69) is 116 Å². The summed E-state index contributed by atoms with van der Waals surface area (Å²) in [5.41, 5.74) is 0. The molecule has 3 aliphatic heterocycles. The van der Waals surface area contributed by atoms with Crippen LogP contribution in [0.25, 0.3) is 0 Å². The molecular formula is C92H161NO18. The van der Waals surface area contributed by atoms with Crippen LogP contribution in [0, 0.1) is 0 Å². The van der Waals surface area contributed by atoms with Crippen molar-refractivity contribution in [2.24, 2.45) is 0 Å². The van der Waals surface area contributed by atoms with Crippen molar-refractivity contribution < 1.29 is 89.4 Å². The number of hydrogen-bond acceptors (Lipinski definition) is 18. The number of rotatable bonds is 71. The Hall–Kier alpha value is -3.55. The van der Waals surface area contributed by atoms with Gasteiger partial charge in [0.15, 0.2) is 18.9 Å². The smallest absolute Gasteiger partial charge is 0.220 e. The van der Waals surface area contributed by atoms with Gasteiger partial charge in [-0.05, 0) is 83.5 Å². The average Bonchev–Trinajstić information content (AvgIpc) is 0.780. The number of aliphatic hydroxyl groups excluding tert-OH is 11. The number of allylic oxidation sites excluding steroid dienone is 17. The average molecular weight is 1570 g/mol. The van der Waals surface area contributed by atoms with E-state index in [0.29, 0.717) is 6.42 Å². The van der Waals surface area contributed by atoms with Gasteiger partial charge >= 0.3 is 0 Å². The molecule has 0 aliphatic carbocycles. The highest BCUT2D eigenvalue weighted by Gasteiger charge is 2.54. The van der Waals surface area contributed by atoms with Crippen LogP contribution in [0.15, 0.2) is 109 Å². The standard InChI is InChI=1S/C92H161NO18/c1-3-5-7-9-11-13-15-17-19-21-23-25-27-29-31-33-35-36-37-38-40-42-44-46-48-50-52-54-56-58-60-62-64-66-68-70-80(98)93-75(76(97)69-67-65-63-61-59-57-55-53-51-49-47-45-43-41-39-34-32-30-28-26-24-22-20-18-16-14-12-10-8-6-4-2)74-106-90-86(104)83(101)88(78(72-95)108-90)111-92-87(105)84(102)89(79(73-96)109-92)110-91-85(103)82(100)81(99)77(71-94)107-91/h5,7,11,13,17,19,23,25,29,31,35-36,38,40,44,46,67,69,75-79,81-92,94-97,99-105H,3-4,6,8-10,12,14-16,18,20-22,24,26-28,30,32-34,37,39,41-43,45,47-66,68,70-74H2,1-2H3,(H,93,98)/b7-5-,13-11-,19-17-,25-23-,31-29-,36-35-,40-38-,46-44-,69-67+. The van der Waals surface area contributed by atoms with Crippen LogP contribution in [0.2, 0.25) is 0 Å². The van der Waals surface area contributed by atoms with Gasteiger partial charge in [0.1, 0.15) is 73.2 Å². The van der Waals surface area contributed by atoms with Crippen LogP contribution in [0.5, 0.6) is 0 Å². The Kier molecular flexibility index (Phi) is 64.7. The van der Waals surface area contributed by atoms with Crippen molar-refractivity contribution in [3.63, 3.8) is 0 Å². The summed E-state index contributed by atoms with van der Waals surface area (Å²) in [6, 6.07) is -0.985. The van der Waals surface area contributed by atoms with Crippen LogP contribution in [0.1, 0.15) is 335 Å². The summed E-state index contributed by atoms with van der Waals surface area (Å²) in [6.45, 7) is 1.66. The zero-order valence-corrected chi connectivity index (χ0v) is 69.2. The predicted molar refractivity (Wildman–Crippen MR) is 447 cm³/mol. The molecule has 0 radical (unpaired) electrons. The number of nitrogens with one attached hydrogen (secondary N) is 1. The Morgan fingerprint density at radius 2 is 0.622 bits per heavy atom. The van der Waals surface area contributed by atoms with Gasteiger partial charge < -0.3 is 89.9 Å². The van der Waals surface area contributed by atoms with Crippen molar-refractivity contribution in [1.82, 2.24) is 5.32 Å². The second-order valence-electron chi connectivity index (χ2n) is 31.3. The molecule has 111 heavy (non-hydrogen) atoms. The van der Waals surface area contributed by atoms with Crippen molar-refractivity contribution in [2.45, 2.75) is 439 Å². The number of unbranched alkanes of at least 4 members (excludes halogenated alkanes) is 39. The highest BCUT2D eigenvalue weighted by atomic mass is 16.8. The van der Waals surface area contributed by atoms with Crippen LogP contribution in [0.3, 0.4) is 0 Å². The molecule has 0 aromatic rings. The van der Waals surface area contributed by atoms with Gasteiger partial charge in [0.05, 0.1) is 38.6 Å². The molecule has 3 saturated heterocycles. The van der Waals surface area contributed by atoms with E-state index in [0.717, 1.165) is 109 Å². The first kappa shape index (κ1) is 102. The number of carbonyl (C=O) groups is 1. The molecule has 1 amide bonds. The molecular weight excluding hydrogens is 1410 g/mol. The molecule has 0 aromatic heterocycles. The summed E-state index contributed by atoms with van der Waals surface area (Å²) >= 11 is 0. The number of carbonyl (C=O) groups excluding carboxylic acids is 1. The zero-order chi connectivity index (χ0) is 80.3. The van der Waals surface area contributed by atoms with Crippen molar-refractivity contribution in [2.75, 3.05) is 26.4 Å². The fourth-order valence-corrected chi connectivity index (χ4v) is 14.5. The Bertz CT molecular complexity index is 2430. The van der Waals surface area contributed by atoms with Crippen LogP contribution in [0.4, 0.5) is 0 Å². The SMILES string of the molecule is CC/C=C\C/C=C\C/C=C\C/C=C\C/C=C\C/C=C\C/C=C\C/C=C\CCCCCCCCCCCCC(=O)NC(COC1OC(CO)C(OC2OC(CO)C(OC3OC(CO)C(O)C(O)C3O)C(O)C2O)C(O)C1O)C(O)/C=C/CCCCCCCCCCCCCCCCCCCCCCCCCCCCCCC. The molecule has 3 fully saturated rings. The molecule has 19 heteroatoms. The monoisotopic (exact) mass is 1570 g/mol. The lowest BCUT2D eigenvalue weighted by atomic mass is 9.96. The van der Waals surface area contributed by atoms with Crippen molar-refractivity contribution in [3.05, 3.63) is 109 Å². The van der Waals surface area contributed by atoms with Gasteiger partial charge in [-0.15, -0.1) is 0 Å². The normalized spacial score (nSPS) is 25.6. The molecule has 0 saturated carbocycles. The van der Waals surface area contributed by atoms with E-state index < -0.39 is 124 Å². The number of hydrogen-bond donors (Lipinski definition) is 12. The van der Waals surface area contributed by atoms with Gasteiger partial charge in [-0.25, -0.2) is 0 Å². The van der Waals surface area contributed by atoms with Crippen molar-refractivity contribution in [1.29, 1.82) is 0 Å². The summed E-state index contributed by atoms with van der Waals surface area (Å²) in [5.74, 6) is -0.280. The maximum absolute atomic E-state index is 13.5. The van der Waals surface area contributed by atoms with E-state index in [1.165, 1.54) is 199 Å². The van der Waals surface area contributed by atoms with Gasteiger partial charge in [-0.1, -0.05) is 354 Å². The first-order chi connectivity index (χ1) is 54.3. The minimum Gasteiger partial charge on any atom is -0.394 e. The van der Waals surface area contributed by atoms with Gasteiger partial charge in [0.25, 0.3) is 0 Å². The molecule has 12 N–H and O–H groups in total. The maximum Gasteiger partial charge on any atom is 0.220 e. The number of ether oxygens (including phenoxy) is 6. The van der Waals surface area contributed by atoms with E-state index in [-0.39, 0.29) is 18.9 Å². The van der Waals surface area contributed by atoms with E-state index in [1.807, 2.05) is 6.08 Å². The maximum atomic E-state index is 13.5. The molecule has 17 unspecified atom stereocenters. The second kappa shape index (κ2) is 70.6. The summed E-state index contributed by atoms with van der Waals surface area (Å²) < 4.78 is 34.5. The minimum atomic E-state index is -1.98. The van der Waals surface area contributed by atoms with Crippen LogP contribution >= 0.6 is 0 Å². The fourth-order valence-electron chi connectivity index (χ4n) is 14.5. The van der Waals surface area contributed by atoms with E-state index in [9.17, 15) is 61.0 Å². The Morgan fingerprint density at radius 1 is 0.333 bits per heavy atom. The molecule has 3 rings (SSSR count). The zero-order valence-electron chi connectivity index (χ0n) is 69.2.